The molecule has 2 aromatic carbocycles. The fourth-order valence-electron chi connectivity index (χ4n) is 3.43. The number of nitrogens with zero attached hydrogens (tertiary/aromatic N) is 3. The Hall–Kier alpha value is -4.23. The largest absolute Gasteiger partial charge is 0.457 e. The number of anilines is 2. The zero-order valence-electron chi connectivity index (χ0n) is 21.6. The number of hydrogen-bond donors (Lipinski definition) is 2. The number of halogens is 4. The Kier molecular flexibility index (Phi) is 9.43. The highest BCUT2D eigenvalue weighted by molar-refractivity contribution is 6.06. The van der Waals surface area contributed by atoms with Gasteiger partial charge in [-0.15, -0.1) is 0 Å². The Morgan fingerprint density at radius 2 is 1.67 bits per heavy atom. The maximum absolute atomic E-state index is 14.7. The van der Waals surface area contributed by atoms with Crippen LogP contribution in [0.1, 0.15) is 26.4 Å². The number of likely N-dealkylation sites (N-methyl/N-ethyl adjacent to an activating group) is 2. The van der Waals surface area contributed by atoms with E-state index in [-0.39, 0.29) is 22.9 Å². The quantitative estimate of drug-likeness (QED) is 0.283. The summed E-state index contributed by atoms with van der Waals surface area (Å²) in [5.41, 5.74) is 0.850. The first-order chi connectivity index (χ1) is 18.4. The number of amides is 2. The standard InChI is InChI=1S/C26H27F4N5O4/c1-34(2)11-12-35(3)23-8-5-16(26(28,29)30)13-21(23)32-24(36)19-14-17(6-7-20(19)27)39-18-9-10-31-22(15-18)25(37)33-38-4/h5-10,13-15H,11-12H2,1-4H3,(H,32,36)(H,33,37). The molecule has 0 saturated heterocycles. The highest BCUT2D eigenvalue weighted by Crippen LogP contribution is 2.35. The lowest BCUT2D eigenvalue weighted by Gasteiger charge is -2.25. The van der Waals surface area contributed by atoms with Gasteiger partial charge >= 0.3 is 6.18 Å². The minimum atomic E-state index is -4.65. The molecule has 1 heterocycles. The molecule has 0 atom stereocenters. The third-order valence-corrected chi connectivity index (χ3v) is 5.44. The number of hydroxylamine groups is 1. The second-order valence-corrected chi connectivity index (χ2v) is 8.66. The molecule has 1 aromatic heterocycles. The third-order valence-electron chi connectivity index (χ3n) is 5.44. The molecule has 0 aliphatic rings. The van der Waals surface area contributed by atoms with Gasteiger partial charge in [0.1, 0.15) is 23.0 Å². The highest BCUT2D eigenvalue weighted by Gasteiger charge is 2.31. The van der Waals surface area contributed by atoms with Crippen molar-refractivity contribution >= 4 is 23.2 Å². The molecule has 2 N–H and O–H groups in total. The van der Waals surface area contributed by atoms with Crippen molar-refractivity contribution in [2.75, 3.05) is 51.6 Å². The first-order valence-corrected chi connectivity index (χ1v) is 11.5. The summed E-state index contributed by atoms with van der Waals surface area (Å²) < 4.78 is 60.6. The lowest BCUT2D eigenvalue weighted by atomic mass is 10.1. The zero-order chi connectivity index (χ0) is 28.7. The van der Waals surface area contributed by atoms with Gasteiger partial charge in [-0.1, -0.05) is 0 Å². The van der Waals surface area contributed by atoms with Gasteiger partial charge in [-0.3, -0.25) is 19.4 Å². The van der Waals surface area contributed by atoms with E-state index in [4.69, 9.17) is 4.74 Å². The van der Waals surface area contributed by atoms with Crippen molar-refractivity contribution < 1.29 is 36.7 Å². The lowest BCUT2D eigenvalue weighted by molar-refractivity contribution is -0.137. The van der Waals surface area contributed by atoms with Crippen LogP contribution in [0, 0.1) is 5.82 Å². The Morgan fingerprint density at radius 3 is 2.33 bits per heavy atom. The summed E-state index contributed by atoms with van der Waals surface area (Å²) in [5, 5.41) is 2.41. The summed E-state index contributed by atoms with van der Waals surface area (Å²) in [4.78, 5) is 37.0. The molecule has 2 amide bonds. The summed E-state index contributed by atoms with van der Waals surface area (Å²) in [6.07, 6.45) is -3.35. The Bertz CT molecular complexity index is 1330. The molecule has 13 heteroatoms. The van der Waals surface area contributed by atoms with Crippen molar-refractivity contribution in [3.05, 3.63) is 77.4 Å². The minimum Gasteiger partial charge on any atom is -0.457 e. The van der Waals surface area contributed by atoms with Gasteiger partial charge in [-0.05, 0) is 56.6 Å². The lowest BCUT2D eigenvalue weighted by Crippen LogP contribution is -2.29. The molecule has 0 saturated carbocycles. The number of rotatable bonds is 10. The van der Waals surface area contributed by atoms with Crippen molar-refractivity contribution in [1.29, 1.82) is 0 Å². The van der Waals surface area contributed by atoms with Crippen molar-refractivity contribution in [3.8, 4) is 11.5 Å². The Balaban J connectivity index is 1.89. The van der Waals surface area contributed by atoms with Gasteiger partial charge in [-0.2, -0.15) is 13.2 Å². The molecule has 0 aliphatic carbocycles. The van der Waals surface area contributed by atoms with Crippen LogP contribution in [0.15, 0.2) is 54.7 Å². The molecule has 0 spiro atoms. The SMILES string of the molecule is CONC(=O)c1cc(Oc2ccc(F)c(C(=O)Nc3cc(C(F)(F)F)ccc3N(C)CCN(C)C)c2)ccn1. The van der Waals surface area contributed by atoms with Crippen molar-refractivity contribution in [1.82, 2.24) is 15.4 Å². The molecule has 3 rings (SSSR count). The van der Waals surface area contributed by atoms with Gasteiger partial charge in [0.15, 0.2) is 0 Å². The molecule has 39 heavy (non-hydrogen) atoms. The summed E-state index contributed by atoms with van der Waals surface area (Å²) >= 11 is 0. The van der Waals surface area contributed by atoms with E-state index < -0.39 is 34.9 Å². The molecule has 208 valence electrons. The van der Waals surface area contributed by atoms with Gasteiger partial charge in [0.05, 0.1) is 29.6 Å². The number of benzene rings is 2. The van der Waals surface area contributed by atoms with Crippen molar-refractivity contribution in [2.45, 2.75) is 6.18 Å². The molecule has 3 aromatic rings. The summed E-state index contributed by atoms with van der Waals surface area (Å²) in [5.74, 6) is -2.32. The van der Waals surface area contributed by atoms with Crippen LogP contribution in [0.3, 0.4) is 0 Å². The summed E-state index contributed by atoms with van der Waals surface area (Å²) in [6, 6.07) is 9.06. The van der Waals surface area contributed by atoms with Crippen LogP contribution >= 0.6 is 0 Å². The number of alkyl halides is 3. The topological polar surface area (TPSA) is 96.0 Å². The van der Waals surface area contributed by atoms with Crippen molar-refractivity contribution in [3.63, 3.8) is 0 Å². The molecular formula is C26H27F4N5O4. The van der Waals surface area contributed by atoms with E-state index in [0.717, 1.165) is 24.3 Å². The van der Waals surface area contributed by atoms with Crippen LogP contribution in [-0.2, 0) is 11.0 Å². The van der Waals surface area contributed by atoms with Crippen LogP contribution in [0.5, 0.6) is 11.5 Å². The number of aromatic nitrogens is 1. The highest BCUT2D eigenvalue weighted by atomic mass is 19.4. The van der Waals surface area contributed by atoms with Gasteiger partial charge in [0.2, 0.25) is 0 Å². The number of ether oxygens (including phenoxy) is 1. The zero-order valence-corrected chi connectivity index (χ0v) is 21.6. The molecular weight excluding hydrogens is 522 g/mol. The Morgan fingerprint density at radius 1 is 0.949 bits per heavy atom. The van der Waals surface area contributed by atoms with Crippen LogP contribution < -0.4 is 20.4 Å². The summed E-state index contributed by atoms with van der Waals surface area (Å²) in [7, 11) is 6.63. The smallest absolute Gasteiger partial charge is 0.416 e. The predicted molar refractivity (Wildman–Crippen MR) is 136 cm³/mol. The van der Waals surface area contributed by atoms with Crippen LogP contribution in [0.2, 0.25) is 0 Å². The maximum Gasteiger partial charge on any atom is 0.416 e. The van der Waals surface area contributed by atoms with Crippen LogP contribution in [0.25, 0.3) is 0 Å². The average Bonchev–Trinajstić information content (AvgIpc) is 2.88. The normalized spacial score (nSPS) is 11.3. The van der Waals surface area contributed by atoms with Crippen LogP contribution in [0.4, 0.5) is 28.9 Å². The minimum absolute atomic E-state index is 0.0232. The van der Waals surface area contributed by atoms with Gasteiger partial charge in [0, 0.05) is 32.4 Å². The van der Waals surface area contributed by atoms with Gasteiger partial charge < -0.3 is 19.9 Å². The summed E-state index contributed by atoms with van der Waals surface area (Å²) in [6.45, 7) is 1.05. The molecule has 0 bridgehead atoms. The number of pyridine rings is 1. The van der Waals surface area contributed by atoms with Gasteiger partial charge in [-0.25, -0.2) is 9.87 Å². The third kappa shape index (κ3) is 7.88. The molecule has 0 unspecified atom stereocenters. The number of nitrogens with one attached hydrogen (secondary N) is 2. The van der Waals surface area contributed by atoms with E-state index in [9.17, 15) is 27.2 Å². The second kappa shape index (κ2) is 12.5. The number of carbonyl (C=O) groups excluding carboxylic acids is 2. The van der Waals surface area contributed by atoms with Gasteiger partial charge in [0.25, 0.3) is 11.8 Å². The molecule has 0 radical (unpaired) electrons. The molecule has 0 fully saturated rings. The van der Waals surface area contributed by atoms with E-state index in [0.29, 0.717) is 18.8 Å². The number of carbonyl (C=O) groups is 2. The van der Waals surface area contributed by atoms with E-state index in [2.05, 4.69) is 20.6 Å². The van der Waals surface area contributed by atoms with E-state index in [1.165, 1.54) is 37.6 Å². The predicted octanol–water partition coefficient (Wildman–Crippen LogP) is 4.57. The fourth-order valence-corrected chi connectivity index (χ4v) is 3.43. The fraction of sp³-hybridized carbons (Fsp3) is 0.269. The van der Waals surface area contributed by atoms with Crippen molar-refractivity contribution in [2.24, 2.45) is 0 Å². The first-order valence-electron chi connectivity index (χ1n) is 11.5. The Labute approximate surface area is 222 Å². The van der Waals surface area contributed by atoms with E-state index >= 15 is 0 Å². The first kappa shape index (κ1) is 29.3. The second-order valence-electron chi connectivity index (χ2n) is 8.66. The average molecular weight is 550 g/mol. The van der Waals surface area contributed by atoms with E-state index in [1.807, 2.05) is 19.0 Å². The van der Waals surface area contributed by atoms with E-state index in [1.54, 1.807) is 11.9 Å². The molecule has 9 nitrogen and oxygen atoms in total. The number of hydrogen-bond acceptors (Lipinski definition) is 7. The molecule has 0 aliphatic heterocycles. The monoisotopic (exact) mass is 549 g/mol. The maximum atomic E-state index is 14.7. The van der Waals surface area contributed by atoms with Crippen LogP contribution in [-0.4, -0.2) is 63.0 Å².